The normalized spacial score (nSPS) is 12.3. The third-order valence-corrected chi connectivity index (χ3v) is 17.9. The maximum Gasteiger partial charge on any atom is 0.124 e. The Morgan fingerprint density at radius 2 is 0.593 bits per heavy atom. The number of benzene rings is 12. The molecule has 0 N–H and O–H groups in total. The Morgan fingerprint density at radius 1 is 0.259 bits per heavy atom. The van der Waals surface area contributed by atoms with Gasteiger partial charge in [-0.15, -0.1) is 22.7 Å². The minimum atomic E-state index is -0.699. The molecule has 12 aromatic carbocycles. The van der Waals surface area contributed by atoms with Crippen LogP contribution in [0.5, 0.6) is 0 Å². The summed E-state index contributed by atoms with van der Waals surface area (Å²) in [5.74, 6) is 0. The minimum Gasteiger partial charge on any atom is -0.310 e. The van der Waals surface area contributed by atoms with Crippen LogP contribution >= 0.6 is 22.7 Å². The summed E-state index contributed by atoms with van der Waals surface area (Å²) in [5.41, 5.74) is 21.8. The SMILES string of the molecule is c1ccc(N(c2cccc(-c3cccc(-c4nc5ccccc5s4)c3)c2)c2ccc3c(c2)C(c2ccccc2)(c2ccccc2)c2cc(N(c4ccccc4)c4cccc(-c5cccc(-c6nc7ccccc7s6)c5)c4)ccc2-3)cc1. The van der Waals surface area contributed by atoms with Crippen LogP contribution in [0.1, 0.15) is 22.3 Å². The summed E-state index contributed by atoms with van der Waals surface area (Å²) in [5, 5.41) is 2.04. The van der Waals surface area contributed by atoms with Crippen LogP contribution in [0.25, 0.3) is 75.0 Å². The Bertz CT molecular complexity index is 4250. The summed E-state index contributed by atoms with van der Waals surface area (Å²) in [7, 11) is 0. The van der Waals surface area contributed by atoms with Gasteiger partial charge in [0, 0.05) is 45.3 Å². The quantitative estimate of drug-likeness (QED) is 0.122. The highest BCUT2D eigenvalue weighted by Crippen LogP contribution is 2.58. The van der Waals surface area contributed by atoms with Crippen molar-refractivity contribution in [2.24, 2.45) is 0 Å². The van der Waals surface area contributed by atoms with Gasteiger partial charge < -0.3 is 9.80 Å². The summed E-state index contributed by atoms with van der Waals surface area (Å²) < 4.78 is 2.38. The summed E-state index contributed by atoms with van der Waals surface area (Å²) in [4.78, 5) is 14.9. The molecular formula is C75H50N4S2. The van der Waals surface area contributed by atoms with Gasteiger partial charge in [-0.1, -0.05) is 194 Å². The largest absolute Gasteiger partial charge is 0.310 e. The van der Waals surface area contributed by atoms with Gasteiger partial charge in [0.05, 0.1) is 25.8 Å². The molecule has 382 valence electrons. The molecule has 1 aliphatic rings. The van der Waals surface area contributed by atoms with Gasteiger partial charge in [0.2, 0.25) is 0 Å². The van der Waals surface area contributed by atoms with Crippen LogP contribution in [0.4, 0.5) is 34.1 Å². The molecule has 81 heavy (non-hydrogen) atoms. The lowest BCUT2D eigenvalue weighted by atomic mass is 9.67. The smallest absolute Gasteiger partial charge is 0.124 e. The Morgan fingerprint density at radius 3 is 1.01 bits per heavy atom. The van der Waals surface area contributed by atoms with Gasteiger partial charge in [0.15, 0.2) is 0 Å². The molecule has 0 amide bonds. The van der Waals surface area contributed by atoms with Crippen LogP contribution in [0, 0.1) is 0 Å². The second-order valence-corrected chi connectivity index (χ2v) is 22.6. The van der Waals surface area contributed by atoms with Crippen LogP contribution in [-0.2, 0) is 5.41 Å². The van der Waals surface area contributed by atoms with Crippen molar-refractivity contribution in [3.8, 4) is 54.5 Å². The van der Waals surface area contributed by atoms with E-state index in [2.05, 4.69) is 313 Å². The zero-order chi connectivity index (χ0) is 53.7. The molecule has 15 rings (SSSR count). The Balaban J connectivity index is 0.874. The number of hydrogen-bond acceptors (Lipinski definition) is 6. The number of para-hydroxylation sites is 4. The Hall–Kier alpha value is -9.98. The lowest BCUT2D eigenvalue weighted by Gasteiger charge is -2.35. The molecule has 2 heterocycles. The average Bonchev–Trinajstić information content (AvgIpc) is 3.61. The summed E-state index contributed by atoms with van der Waals surface area (Å²) in [6.07, 6.45) is 0. The van der Waals surface area contributed by atoms with Crippen molar-refractivity contribution in [3.63, 3.8) is 0 Å². The fourth-order valence-electron chi connectivity index (χ4n) is 12.1. The molecule has 4 nitrogen and oxygen atoms in total. The molecule has 0 radical (unpaired) electrons. The molecule has 0 unspecified atom stereocenters. The first kappa shape index (κ1) is 48.2. The number of rotatable bonds is 12. The fraction of sp³-hybridized carbons (Fsp3) is 0.0133. The predicted molar refractivity (Wildman–Crippen MR) is 341 cm³/mol. The van der Waals surface area contributed by atoms with Crippen LogP contribution in [0.3, 0.4) is 0 Å². The molecule has 0 saturated heterocycles. The Labute approximate surface area is 479 Å². The molecule has 0 fully saturated rings. The van der Waals surface area contributed by atoms with E-state index >= 15 is 0 Å². The first-order chi connectivity index (χ1) is 40.1. The van der Waals surface area contributed by atoms with Crippen molar-refractivity contribution in [2.75, 3.05) is 9.80 Å². The third kappa shape index (κ3) is 8.61. The highest BCUT2D eigenvalue weighted by molar-refractivity contribution is 7.22. The number of hydrogen-bond donors (Lipinski definition) is 0. The number of aromatic nitrogens is 2. The van der Waals surface area contributed by atoms with Crippen LogP contribution in [0.2, 0.25) is 0 Å². The first-order valence-corrected chi connectivity index (χ1v) is 29.0. The molecule has 0 aliphatic heterocycles. The molecule has 0 bridgehead atoms. The van der Waals surface area contributed by atoms with Gasteiger partial charge in [-0.25, -0.2) is 9.97 Å². The second-order valence-electron chi connectivity index (χ2n) is 20.5. The number of fused-ring (bicyclic) bond motifs is 5. The fourth-order valence-corrected chi connectivity index (χ4v) is 14.0. The molecule has 2 aromatic heterocycles. The zero-order valence-corrected chi connectivity index (χ0v) is 45.6. The summed E-state index contributed by atoms with van der Waals surface area (Å²) in [6.45, 7) is 0. The number of anilines is 6. The van der Waals surface area contributed by atoms with E-state index in [-0.39, 0.29) is 0 Å². The van der Waals surface area contributed by atoms with E-state index in [9.17, 15) is 0 Å². The van der Waals surface area contributed by atoms with Crippen molar-refractivity contribution < 1.29 is 0 Å². The van der Waals surface area contributed by atoms with Crippen molar-refractivity contribution in [1.29, 1.82) is 0 Å². The van der Waals surface area contributed by atoms with Crippen LogP contribution in [0.15, 0.2) is 303 Å². The van der Waals surface area contributed by atoms with E-state index in [0.717, 1.165) is 88.6 Å². The molecular weight excluding hydrogens is 1020 g/mol. The van der Waals surface area contributed by atoms with Crippen molar-refractivity contribution in [3.05, 3.63) is 326 Å². The standard InChI is InChI=1S/C75H50N4S2/c1-5-27-57(28-6-1)75(58-29-7-2-8-30-58)67-49-63(78(59-31-9-3-10-32-59)61-35-19-23-53(47-61)51-21-17-25-55(45-51)73-76-69-37-13-15-39-71(69)80-73)41-43-65(67)66-44-42-64(50-68(66)75)79(60-33-11-4-12-34-60)62-36-20-24-54(48-62)52-22-18-26-56(46-52)74-77-70-38-14-16-40-72(70)81-74/h1-50H. The molecule has 0 atom stereocenters. The Kier molecular flexibility index (Phi) is 12.1. The number of thiazole rings is 2. The van der Waals surface area contributed by atoms with E-state index in [1.165, 1.54) is 42.8 Å². The van der Waals surface area contributed by atoms with Gasteiger partial charge in [0.1, 0.15) is 10.0 Å². The van der Waals surface area contributed by atoms with Crippen LogP contribution < -0.4 is 9.80 Å². The highest BCUT2D eigenvalue weighted by atomic mass is 32.1. The molecule has 14 aromatic rings. The maximum atomic E-state index is 5.02. The van der Waals surface area contributed by atoms with Gasteiger partial charge in [-0.3, -0.25) is 0 Å². The predicted octanol–water partition coefficient (Wildman–Crippen LogP) is 20.9. The lowest BCUT2D eigenvalue weighted by Crippen LogP contribution is -2.29. The van der Waals surface area contributed by atoms with Gasteiger partial charge in [0.25, 0.3) is 0 Å². The van der Waals surface area contributed by atoms with Crippen molar-refractivity contribution >= 4 is 77.2 Å². The molecule has 0 saturated carbocycles. The van der Waals surface area contributed by atoms with Gasteiger partial charge >= 0.3 is 0 Å². The topological polar surface area (TPSA) is 32.3 Å². The highest BCUT2D eigenvalue weighted by Gasteiger charge is 2.47. The van der Waals surface area contributed by atoms with Gasteiger partial charge in [-0.05, 0) is 165 Å². The minimum absolute atomic E-state index is 0.699. The average molecular weight is 1070 g/mol. The lowest BCUT2D eigenvalue weighted by molar-refractivity contribution is 0.768. The van der Waals surface area contributed by atoms with E-state index in [0.29, 0.717) is 0 Å². The van der Waals surface area contributed by atoms with E-state index in [1.807, 2.05) is 0 Å². The van der Waals surface area contributed by atoms with E-state index in [4.69, 9.17) is 9.97 Å². The molecule has 6 heteroatoms. The third-order valence-electron chi connectivity index (χ3n) is 15.7. The first-order valence-electron chi connectivity index (χ1n) is 27.4. The van der Waals surface area contributed by atoms with Crippen LogP contribution in [-0.4, -0.2) is 9.97 Å². The molecule has 0 spiro atoms. The zero-order valence-electron chi connectivity index (χ0n) is 44.0. The number of nitrogens with zero attached hydrogens (tertiary/aromatic N) is 4. The van der Waals surface area contributed by atoms with Crippen molar-refractivity contribution in [1.82, 2.24) is 9.97 Å². The monoisotopic (exact) mass is 1070 g/mol. The van der Waals surface area contributed by atoms with E-state index in [1.54, 1.807) is 22.7 Å². The van der Waals surface area contributed by atoms with Crippen molar-refractivity contribution in [2.45, 2.75) is 5.41 Å². The van der Waals surface area contributed by atoms with E-state index < -0.39 is 5.41 Å². The van der Waals surface area contributed by atoms with Gasteiger partial charge in [-0.2, -0.15) is 0 Å². The molecule has 1 aliphatic carbocycles. The second kappa shape index (κ2) is 20.4. The summed E-state index contributed by atoms with van der Waals surface area (Å²) >= 11 is 3.47. The maximum absolute atomic E-state index is 5.02. The summed E-state index contributed by atoms with van der Waals surface area (Å²) in [6, 6.07) is 110.